The molecule has 4 rings (SSSR count). The van der Waals surface area contributed by atoms with Crippen LogP contribution < -0.4 is 22.8 Å². The van der Waals surface area contributed by atoms with Crippen LogP contribution >= 0.6 is 0 Å². The summed E-state index contributed by atoms with van der Waals surface area (Å²) in [6, 6.07) is 2.75. The molecule has 0 aromatic carbocycles. The van der Waals surface area contributed by atoms with E-state index in [9.17, 15) is 30.0 Å². The summed E-state index contributed by atoms with van der Waals surface area (Å²) in [5, 5.41) is 57.7. The van der Waals surface area contributed by atoms with Gasteiger partial charge in [-0.25, -0.2) is 9.59 Å². The second-order valence-corrected chi connectivity index (χ2v) is 8.76. The number of hydrogen-bond donors (Lipinski definition) is 8. The van der Waals surface area contributed by atoms with E-state index in [4.69, 9.17) is 31.2 Å². The number of aromatic nitrogens is 4. The van der Waals surface area contributed by atoms with Gasteiger partial charge in [0.2, 0.25) is 0 Å². The molecule has 2 aromatic heterocycles. The maximum absolute atomic E-state index is 11.7. The highest BCUT2D eigenvalue weighted by Crippen LogP contribution is 2.37. The first-order valence-electron chi connectivity index (χ1n) is 10.8. The predicted octanol–water partition coefficient (Wildman–Crippen LogP) is -4.56. The zero-order chi connectivity index (χ0) is 27.0. The van der Waals surface area contributed by atoms with Gasteiger partial charge in [0.15, 0.2) is 12.0 Å². The van der Waals surface area contributed by atoms with Crippen LogP contribution in [0.2, 0.25) is 0 Å². The molecule has 0 aliphatic carbocycles. The molecule has 2 fully saturated rings. The van der Waals surface area contributed by atoms with Gasteiger partial charge in [0.25, 0.3) is 0 Å². The van der Waals surface area contributed by atoms with Crippen molar-refractivity contribution in [2.45, 2.75) is 61.9 Å². The molecule has 16 heteroatoms. The van der Waals surface area contributed by atoms with Gasteiger partial charge in [0.05, 0.1) is 13.2 Å². The van der Waals surface area contributed by atoms with Gasteiger partial charge in [-0.15, -0.1) is 0 Å². The zero-order valence-corrected chi connectivity index (χ0v) is 19.4. The second kappa shape index (κ2) is 10.2. The molecule has 0 saturated carbocycles. The standard InChI is InChI=1S/2C10H15N3O5/c1-10(17)7(15)5(4-14)18-8(10)13-3-2-6(11)12-9(13)16;1-10(8(16)7(15)5(4-14)18-10)13-3-2-6(11)12-9(13)17/h2-3,5,7-8,14-15,17H,4H2,1H3,(H2,11,12,16);2-3,5,7-8,14-16H,4H2,1H3,(H2,11,12,17)/t2*5-,7-,8-,10-/m11/s1. The number of nitrogens with two attached hydrogens (primary N) is 2. The van der Waals surface area contributed by atoms with Crippen molar-refractivity contribution in [1.29, 1.82) is 0 Å². The fourth-order valence-electron chi connectivity index (χ4n) is 4.06. The number of aliphatic hydroxyl groups excluding tert-OH is 5. The van der Waals surface area contributed by atoms with Crippen LogP contribution in [0.4, 0.5) is 11.6 Å². The van der Waals surface area contributed by atoms with Crippen molar-refractivity contribution in [3.63, 3.8) is 0 Å². The number of nitrogens with zero attached hydrogens (tertiary/aromatic N) is 4. The minimum Gasteiger partial charge on any atom is -0.394 e. The first-order chi connectivity index (χ1) is 16.8. The van der Waals surface area contributed by atoms with Crippen molar-refractivity contribution in [3.05, 3.63) is 45.5 Å². The molecule has 2 aromatic rings. The van der Waals surface area contributed by atoms with Crippen LogP contribution in [0.3, 0.4) is 0 Å². The number of rotatable bonds is 4. The van der Waals surface area contributed by atoms with Crippen molar-refractivity contribution in [3.8, 4) is 0 Å². The Labute approximate surface area is 203 Å². The predicted molar refractivity (Wildman–Crippen MR) is 121 cm³/mol. The smallest absolute Gasteiger partial charge is 0.351 e. The lowest BCUT2D eigenvalue weighted by Crippen LogP contribution is -2.48. The maximum Gasteiger partial charge on any atom is 0.351 e. The monoisotopic (exact) mass is 514 g/mol. The van der Waals surface area contributed by atoms with E-state index in [0.717, 1.165) is 9.13 Å². The normalized spacial score (nSPS) is 35.9. The molecule has 0 spiro atoms. The lowest BCUT2D eigenvalue weighted by molar-refractivity contribution is -0.137. The van der Waals surface area contributed by atoms with E-state index in [2.05, 4.69) is 9.97 Å². The average molecular weight is 514 g/mol. The van der Waals surface area contributed by atoms with E-state index in [1.54, 1.807) is 0 Å². The fourth-order valence-corrected chi connectivity index (χ4v) is 4.06. The molecule has 200 valence electrons. The van der Waals surface area contributed by atoms with E-state index >= 15 is 0 Å². The van der Waals surface area contributed by atoms with Gasteiger partial charge in [-0.2, -0.15) is 9.97 Å². The third kappa shape index (κ3) is 4.84. The molecule has 0 radical (unpaired) electrons. The zero-order valence-electron chi connectivity index (χ0n) is 19.4. The summed E-state index contributed by atoms with van der Waals surface area (Å²) >= 11 is 0. The number of ether oxygens (including phenoxy) is 2. The molecule has 16 nitrogen and oxygen atoms in total. The van der Waals surface area contributed by atoms with Crippen molar-refractivity contribution in [1.82, 2.24) is 19.1 Å². The van der Waals surface area contributed by atoms with Gasteiger partial charge >= 0.3 is 11.4 Å². The Bertz CT molecular complexity index is 1190. The third-order valence-electron chi connectivity index (χ3n) is 6.17. The number of nitrogen functional groups attached to an aromatic ring is 2. The third-order valence-corrected chi connectivity index (χ3v) is 6.17. The molecule has 2 saturated heterocycles. The van der Waals surface area contributed by atoms with Crippen LogP contribution in [0.15, 0.2) is 34.1 Å². The Hall–Kier alpha value is -2.96. The molecular formula is C20H30N6O10. The lowest BCUT2D eigenvalue weighted by atomic mass is 9.96. The quantitative estimate of drug-likeness (QED) is 0.191. The van der Waals surface area contributed by atoms with Crippen molar-refractivity contribution >= 4 is 11.6 Å². The SMILES string of the molecule is C[C@@]1(O)[C@H](O)[C@@H](CO)O[C@H]1n1ccc(N)nc1=O.C[C@@]1(n2ccc(N)nc2=O)O[C@H](CO)[C@@H](O)[C@H]1O. The molecule has 10 N–H and O–H groups in total. The van der Waals surface area contributed by atoms with Crippen LogP contribution in [-0.4, -0.2) is 99.1 Å². The number of aliphatic hydroxyl groups is 6. The first-order valence-corrected chi connectivity index (χ1v) is 10.8. The minimum absolute atomic E-state index is 0.0478. The molecule has 36 heavy (non-hydrogen) atoms. The number of anilines is 2. The Morgan fingerprint density at radius 1 is 0.944 bits per heavy atom. The van der Waals surface area contributed by atoms with Crippen molar-refractivity contribution < 1.29 is 40.1 Å². The highest BCUT2D eigenvalue weighted by Gasteiger charge is 2.54. The first kappa shape index (κ1) is 27.6. The van der Waals surface area contributed by atoms with Crippen molar-refractivity contribution in [2.75, 3.05) is 24.7 Å². The largest absolute Gasteiger partial charge is 0.394 e. The summed E-state index contributed by atoms with van der Waals surface area (Å²) in [5.41, 5.74) is 6.11. The van der Waals surface area contributed by atoms with Crippen LogP contribution in [-0.2, 0) is 15.2 Å². The molecule has 0 bridgehead atoms. The Balaban J connectivity index is 0.000000201. The average Bonchev–Trinajstić information content (AvgIpc) is 3.18. The minimum atomic E-state index is -1.71. The van der Waals surface area contributed by atoms with E-state index in [-0.39, 0.29) is 11.6 Å². The van der Waals surface area contributed by atoms with Crippen LogP contribution in [0.25, 0.3) is 0 Å². The summed E-state index contributed by atoms with van der Waals surface area (Å²) in [4.78, 5) is 30.4. The molecule has 0 amide bonds. The molecule has 2 aliphatic rings. The van der Waals surface area contributed by atoms with Gasteiger partial charge in [-0.3, -0.25) is 9.13 Å². The van der Waals surface area contributed by atoms with Crippen LogP contribution in [0.1, 0.15) is 20.1 Å². The van der Waals surface area contributed by atoms with Crippen molar-refractivity contribution in [2.24, 2.45) is 0 Å². The van der Waals surface area contributed by atoms with Crippen LogP contribution in [0, 0.1) is 0 Å². The van der Waals surface area contributed by atoms with Gasteiger partial charge in [-0.05, 0) is 26.0 Å². The maximum atomic E-state index is 11.7. The molecule has 8 atom stereocenters. The van der Waals surface area contributed by atoms with E-state index in [0.29, 0.717) is 0 Å². The lowest BCUT2D eigenvalue weighted by Gasteiger charge is -2.29. The van der Waals surface area contributed by atoms with E-state index in [1.165, 1.54) is 38.4 Å². The van der Waals surface area contributed by atoms with Gasteiger partial charge in [0.1, 0.15) is 47.8 Å². The Morgan fingerprint density at radius 2 is 1.50 bits per heavy atom. The topological polar surface area (TPSA) is 262 Å². The summed E-state index contributed by atoms with van der Waals surface area (Å²) < 4.78 is 12.7. The fraction of sp³-hybridized carbons (Fsp3) is 0.600. The van der Waals surface area contributed by atoms with E-state index in [1.807, 2.05) is 0 Å². The van der Waals surface area contributed by atoms with Crippen LogP contribution in [0.5, 0.6) is 0 Å². The number of hydrogen-bond acceptors (Lipinski definition) is 14. The summed E-state index contributed by atoms with van der Waals surface area (Å²) in [6.07, 6.45) is -4.38. The summed E-state index contributed by atoms with van der Waals surface area (Å²) in [7, 11) is 0. The van der Waals surface area contributed by atoms with E-state index < -0.39 is 72.7 Å². The Morgan fingerprint density at radius 3 is 1.97 bits per heavy atom. The summed E-state index contributed by atoms with van der Waals surface area (Å²) in [6.45, 7) is 1.81. The summed E-state index contributed by atoms with van der Waals surface area (Å²) in [5.74, 6) is 0.0970. The molecular weight excluding hydrogens is 484 g/mol. The molecule has 4 heterocycles. The van der Waals surface area contributed by atoms with Gasteiger partial charge in [0, 0.05) is 12.4 Å². The van der Waals surface area contributed by atoms with Gasteiger partial charge in [-0.1, -0.05) is 0 Å². The van der Waals surface area contributed by atoms with Gasteiger partial charge < -0.3 is 51.6 Å². The Kier molecular flexibility index (Phi) is 7.82. The molecule has 0 unspecified atom stereocenters. The highest BCUT2D eigenvalue weighted by atomic mass is 16.6. The molecule has 2 aliphatic heterocycles. The highest BCUT2D eigenvalue weighted by molar-refractivity contribution is 5.24. The second-order valence-electron chi connectivity index (χ2n) is 8.76.